The molecule has 2 unspecified atom stereocenters. The standard InChI is InChI=1S/C9H13N/c1-7-3-2-4-9-8(7)5-6-10-9/h3,5-6,8-10H,2,4H2,1H3. The first-order valence-electron chi connectivity index (χ1n) is 3.97. The van der Waals surface area contributed by atoms with E-state index in [2.05, 4.69) is 30.6 Å². The van der Waals surface area contributed by atoms with Crippen LogP contribution in [-0.2, 0) is 0 Å². The highest BCUT2D eigenvalue weighted by atomic mass is 14.9. The molecule has 1 heteroatoms. The van der Waals surface area contributed by atoms with Crippen LogP contribution in [0.25, 0.3) is 0 Å². The van der Waals surface area contributed by atoms with Gasteiger partial charge in [0.25, 0.3) is 0 Å². The molecule has 1 nitrogen and oxygen atoms in total. The van der Waals surface area contributed by atoms with Gasteiger partial charge in [-0.05, 0) is 26.0 Å². The molecule has 54 valence electrons. The van der Waals surface area contributed by atoms with Crippen molar-refractivity contribution in [1.29, 1.82) is 0 Å². The van der Waals surface area contributed by atoms with Crippen LogP contribution in [0.1, 0.15) is 19.8 Å². The Morgan fingerprint density at radius 1 is 1.60 bits per heavy atom. The van der Waals surface area contributed by atoms with E-state index in [1.165, 1.54) is 18.4 Å². The van der Waals surface area contributed by atoms with Crippen LogP contribution in [0.2, 0.25) is 0 Å². The highest BCUT2D eigenvalue weighted by Crippen LogP contribution is 2.28. The Morgan fingerprint density at radius 3 is 3.30 bits per heavy atom. The molecule has 0 fully saturated rings. The van der Waals surface area contributed by atoms with Gasteiger partial charge in [-0.1, -0.05) is 17.7 Å². The van der Waals surface area contributed by atoms with Crippen molar-refractivity contribution in [1.82, 2.24) is 5.32 Å². The molecule has 0 aromatic carbocycles. The van der Waals surface area contributed by atoms with Gasteiger partial charge in [-0.25, -0.2) is 0 Å². The van der Waals surface area contributed by atoms with Crippen molar-refractivity contribution in [3.05, 3.63) is 23.9 Å². The molecule has 0 aromatic heterocycles. The molecule has 2 atom stereocenters. The van der Waals surface area contributed by atoms with E-state index in [4.69, 9.17) is 0 Å². The molecule has 10 heavy (non-hydrogen) atoms. The number of nitrogens with one attached hydrogen (secondary N) is 1. The average Bonchev–Trinajstić information content (AvgIpc) is 2.36. The molecule has 0 saturated heterocycles. The molecule has 0 spiro atoms. The third-order valence-corrected chi connectivity index (χ3v) is 2.52. The summed E-state index contributed by atoms with van der Waals surface area (Å²) >= 11 is 0. The van der Waals surface area contributed by atoms with Crippen molar-refractivity contribution >= 4 is 0 Å². The number of hydrogen-bond donors (Lipinski definition) is 1. The maximum absolute atomic E-state index is 3.37. The molecule has 1 aliphatic carbocycles. The Kier molecular flexibility index (Phi) is 1.30. The molecule has 0 radical (unpaired) electrons. The lowest BCUT2D eigenvalue weighted by Gasteiger charge is -2.24. The second-order valence-corrected chi connectivity index (χ2v) is 3.18. The van der Waals surface area contributed by atoms with Gasteiger partial charge in [-0.2, -0.15) is 0 Å². The Morgan fingerprint density at radius 2 is 2.50 bits per heavy atom. The van der Waals surface area contributed by atoms with E-state index >= 15 is 0 Å². The first-order valence-corrected chi connectivity index (χ1v) is 3.97. The molecular weight excluding hydrogens is 122 g/mol. The summed E-state index contributed by atoms with van der Waals surface area (Å²) in [6.07, 6.45) is 9.28. The number of fused-ring (bicyclic) bond motifs is 1. The van der Waals surface area contributed by atoms with Crippen LogP contribution in [0.4, 0.5) is 0 Å². The van der Waals surface area contributed by atoms with Crippen LogP contribution in [-0.4, -0.2) is 6.04 Å². The van der Waals surface area contributed by atoms with Crippen LogP contribution in [0.5, 0.6) is 0 Å². The highest BCUT2D eigenvalue weighted by molar-refractivity contribution is 5.21. The van der Waals surface area contributed by atoms with Crippen LogP contribution in [0.15, 0.2) is 23.9 Å². The zero-order chi connectivity index (χ0) is 6.97. The topological polar surface area (TPSA) is 12.0 Å². The molecular formula is C9H13N. The maximum Gasteiger partial charge on any atom is 0.0359 e. The van der Waals surface area contributed by atoms with Crippen molar-refractivity contribution in [3.8, 4) is 0 Å². The minimum atomic E-state index is 0.703. The fourth-order valence-electron chi connectivity index (χ4n) is 1.88. The van der Waals surface area contributed by atoms with Crippen molar-refractivity contribution in [2.24, 2.45) is 5.92 Å². The van der Waals surface area contributed by atoms with E-state index in [-0.39, 0.29) is 0 Å². The maximum atomic E-state index is 3.37. The largest absolute Gasteiger partial charge is 0.387 e. The van der Waals surface area contributed by atoms with Crippen molar-refractivity contribution in [2.45, 2.75) is 25.8 Å². The van der Waals surface area contributed by atoms with Crippen LogP contribution in [0.3, 0.4) is 0 Å². The van der Waals surface area contributed by atoms with Gasteiger partial charge in [-0.3, -0.25) is 0 Å². The van der Waals surface area contributed by atoms with Gasteiger partial charge in [0.2, 0.25) is 0 Å². The van der Waals surface area contributed by atoms with Gasteiger partial charge in [0.15, 0.2) is 0 Å². The summed E-state index contributed by atoms with van der Waals surface area (Å²) in [6.45, 7) is 2.23. The SMILES string of the molecule is CC1=CCCC2NC=CC12. The third-order valence-electron chi connectivity index (χ3n) is 2.52. The lowest BCUT2D eigenvalue weighted by molar-refractivity contribution is 0.476. The fraction of sp³-hybridized carbons (Fsp3) is 0.556. The van der Waals surface area contributed by atoms with Gasteiger partial charge in [0, 0.05) is 12.0 Å². The first-order chi connectivity index (χ1) is 4.88. The number of hydrogen-bond acceptors (Lipinski definition) is 1. The van der Waals surface area contributed by atoms with E-state index in [9.17, 15) is 0 Å². The molecule has 0 saturated carbocycles. The summed E-state index contributed by atoms with van der Waals surface area (Å²) in [7, 11) is 0. The van der Waals surface area contributed by atoms with Gasteiger partial charge in [0.1, 0.15) is 0 Å². The molecule has 1 N–H and O–H groups in total. The zero-order valence-electron chi connectivity index (χ0n) is 6.30. The van der Waals surface area contributed by atoms with Crippen molar-refractivity contribution in [2.75, 3.05) is 0 Å². The van der Waals surface area contributed by atoms with Crippen molar-refractivity contribution < 1.29 is 0 Å². The minimum Gasteiger partial charge on any atom is -0.387 e. The summed E-state index contributed by atoms with van der Waals surface area (Å²) in [5.74, 6) is 0.703. The lowest BCUT2D eigenvalue weighted by atomic mass is 9.86. The molecule has 2 aliphatic rings. The smallest absolute Gasteiger partial charge is 0.0359 e. The summed E-state index contributed by atoms with van der Waals surface area (Å²) < 4.78 is 0. The van der Waals surface area contributed by atoms with Gasteiger partial charge in [-0.15, -0.1) is 0 Å². The van der Waals surface area contributed by atoms with E-state index in [1.807, 2.05) is 0 Å². The molecule has 1 aliphatic heterocycles. The molecule has 0 bridgehead atoms. The predicted molar refractivity (Wildman–Crippen MR) is 42.5 cm³/mol. The number of allylic oxidation sites excluding steroid dienone is 1. The van der Waals surface area contributed by atoms with E-state index in [0.717, 1.165) is 0 Å². The fourth-order valence-corrected chi connectivity index (χ4v) is 1.88. The first kappa shape index (κ1) is 6.02. The quantitative estimate of drug-likeness (QED) is 0.500. The van der Waals surface area contributed by atoms with E-state index in [1.54, 1.807) is 0 Å². The van der Waals surface area contributed by atoms with E-state index in [0.29, 0.717) is 12.0 Å². The molecule has 0 amide bonds. The van der Waals surface area contributed by atoms with Gasteiger partial charge < -0.3 is 5.32 Å². The van der Waals surface area contributed by atoms with Crippen LogP contribution >= 0.6 is 0 Å². The second kappa shape index (κ2) is 2.15. The van der Waals surface area contributed by atoms with Gasteiger partial charge >= 0.3 is 0 Å². The van der Waals surface area contributed by atoms with Crippen LogP contribution in [0, 0.1) is 5.92 Å². The average molecular weight is 135 g/mol. The molecule has 0 aromatic rings. The Hall–Kier alpha value is -0.720. The highest BCUT2D eigenvalue weighted by Gasteiger charge is 2.25. The predicted octanol–water partition coefficient (Wildman–Crippen LogP) is 1.83. The summed E-state index contributed by atoms with van der Waals surface area (Å²) in [4.78, 5) is 0. The summed E-state index contributed by atoms with van der Waals surface area (Å²) in [6, 6.07) is 0.713. The zero-order valence-corrected chi connectivity index (χ0v) is 6.30. The van der Waals surface area contributed by atoms with Gasteiger partial charge in [0.05, 0.1) is 0 Å². The normalized spacial score (nSPS) is 36.7. The monoisotopic (exact) mass is 135 g/mol. The third kappa shape index (κ3) is 0.772. The minimum absolute atomic E-state index is 0.703. The number of rotatable bonds is 0. The second-order valence-electron chi connectivity index (χ2n) is 3.18. The molecule has 2 rings (SSSR count). The summed E-state index contributed by atoms with van der Waals surface area (Å²) in [5.41, 5.74) is 1.54. The lowest BCUT2D eigenvalue weighted by Crippen LogP contribution is -2.29. The Labute approximate surface area is 61.8 Å². The summed E-state index contributed by atoms with van der Waals surface area (Å²) in [5, 5.41) is 3.37. The van der Waals surface area contributed by atoms with Crippen molar-refractivity contribution in [3.63, 3.8) is 0 Å². The van der Waals surface area contributed by atoms with E-state index < -0.39 is 0 Å². The van der Waals surface area contributed by atoms with Crippen LogP contribution < -0.4 is 5.32 Å². The Bertz CT molecular complexity index is 191. The molecule has 1 heterocycles. The Balaban J connectivity index is 2.23.